The molecule has 0 aromatic heterocycles. The number of anilines is 1. The van der Waals surface area contributed by atoms with E-state index < -0.39 is 6.04 Å². The molecular formula is C24H33N3O4. The van der Waals surface area contributed by atoms with Gasteiger partial charge in [-0.1, -0.05) is 45.4 Å². The highest BCUT2D eigenvalue weighted by Gasteiger charge is 2.30. The Kier molecular flexibility index (Phi) is 8.73. The number of phenolic OH excluding ortho intramolecular Hbond substituents is 2. The van der Waals surface area contributed by atoms with Crippen LogP contribution in [0.25, 0.3) is 0 Å². The maximum absolute atomic E-state index is 13.4. The molecule has 0 saturated carbocycles. The number of amides is 2. The molecule has 2 rings (SSSR count). The molecule has 0 saturated heterocycles. The predicted octanol–water partition coefficient (Wildman–Crippen LogP) is 3.31. The van der Waals surface area contributed by atoms with Crippen molar-refractivity contribution in [3.05, 3.63) is 53.6 Å². The van der Waals surface area contributed by atoms with Crippen molar-refractivity contribution in [1.82, 2.24) is 10.2 Å². The van der Waals surface area contributed by atoms with Crippen LogP contribution in [0.5, 0.6) is 11.5 Å². The number of aromatic hydroxyl groups is 2. The summed E-state index contributed by atoms with van der Waals surface area (Å²) in [4.78, 5) is 27.9. The fraction of sp³-hybridized carbons (Fsp3) is 0.417. The van der Waals surface area contributed by atoms with Gasteiger partial charge in [0.1, 0.15) is 6.04 Å². The molecule has 2 aromatic carbocycles. The summed E-state index contributed by atoms with van der Waals surface area (Å²) in [6.45, 7) is 6.79. The molecule has 1 unspecified atom stereocenters. The summed E-state index contributed by atoms with van der Waals surface area (Å²) in [6, 6.07) is 10.8. The third kappa shape index (κ3) is 6.38. The zero-order valence-corrected chi connectivity index (χ0v) is 18.5. The van der Waals surface area contributed by atoms with E-state index in [1.165, 1.54) is 6.07 Å². The molecule has 0 aliphatic rings. The van der Waals surface area contributed by atoms with E-state index in [9.17, 15) is 19.8 Å². The van der Waals surface area contributed by atoms with Gasteiger partial charge in [-0.15, -0.1) is 0 Å². The molecule has 7 nitrogen and oxygen atoms in total. The molecule has 7 heteroatoms. The van der Waals surface area contributed by atoms with Gasteiger partial charge in [-0.3, -0.25) is 9.59 Å². The van der Waals surface area contributed by atoms with E-state index in [1.807, 2.05) is 20.8 Å². The lowest BCUT2D eigenvalue weighted by Crippen LogP contribution is -2.52. The number of carbonyl (C=O) groups is 2. The van der Waals surface area contributed by atoms with Gasteiger partial charge in [-0.2, -0.15) is 0 Å². The number of nitrogen functional groups attached to an aromatic ring is 1. The summed E-state index contributed by atoms with van der Waals surface area (Å²) in [7, 11) is 0. The van der Waals surface area contributed by atoms with Gasteiger partial charge in [0.25, 0.3) is 5.91 Å². The summed E-state index contributed by atoms with van der Waals surface area (Å²) in [5, 5.41) is 22.7. The lowest BCUT2D eigenvalue weighted by molar-refractivity contribution is -0.134. The Morgan fingerprint density at radius 1 is 1.10 bits per heavy atom. The molecule has 2 aromatic rings. The van der Waals surface area contributed by atoms with E-state index >= 15 is 0 Å². The minimum atomic E-state index is -0.678. The number of nitrogens with zero attached hydrogens (tertiary/aromatic N) is 1. The highest BCUT2D eigenvalue weighted by Crippen LogP contribution is 2.28. The minimum Gasteiger partial charge on any atom is -0.504 e. The number of para-hydroxylation sites is 1. The van der Waals surface area contributed by atoms with Crippen molar-refractivity contribution in [2.75, 3.05) is 18.8 Å². The molecule has 0 aliphatic heterocycles. The monoisotopic (exact) mass is 427 g/mol. The summed E-state index contributed by atoms with van der Waals surface area (Å²) in [6.07, 6.45) is 1.87. The first-order valence-electron chi connectivity index (χ1n) is 10.7. The molecular weight excluding hydrogens is 394 g/mol. The van der Waals surface area contributed by atoms with Crippen LogP contribution in [0.1, 0.15) is 49.5 Å². The first-order chi connectivity index (χ1) is 14.8. The highest BCUT2D eigenvalue weighted by atomic mass is 16.3. The Morgan fingerprint density at radius 2 is 1.81 bits per heavy atom. The van der Waals surface area contributed by atoms with Crippen LogP contribution in [0.2, 0.25) is 0 Å². The summed E-state index contributed by atoms with van der Waals surface area (Å²) < 4.78 is 0. The van der Waals surface area contributed by atoms with Gasteiger partial charge >= 0.3 is 0 Å². The van der Waals surface area contributed by atoms with E-state index in [4.69, 9.17) is 5.73 Å². The van der Waals surface area contributed by atoms with Gasteiger partial charge < -0.3 is 26.2 Å². The Hall–Kier alpha value is -3.22. The molecule has 0 heterocycles. The zero-order valence-electron chi connectivity index (χ0n) is 18.5. The van der Waals surface area contributed by atoms with Crippen molar-refractivity contribution < 1.29 is 19.8 Å². The number of phenols is 2. The highest BCUT2D eigenvalue weighted by molar-refractivity contribution is 5.98. The molecule has 0 radical (unpaired) electrons. The second-order valence-corrected chi connectivity index (χ2v) is 7.82. The number of nitrogens with one attached hydrogen (secondary N) is 1. The number of hydrogen-bond acceptors (Lipinski definition) is 5. The fourth-order valence-corrected chi connectivity index (χ4v) is 3.42. The van der Waals surface area contributed by atoms with Crippen LogP contribution >= 0.6 is 0 Å². The van der Waals surface area contributed by atoms with Crippen molar-refractivity contribution >= 4 is 17.5 Å². The standard InChI is InChI=1S/C24H33N3O4/c1-4-13-27(14-12-17-8-7-11-20(28)22(17)29)24(31)21(16(3)5-2)26-23(30)18-9-6-10-19(25)15-18/h6-11,15-16,21,28-29H,4-5,12-14,25H2,1-3H3,(H,26,30)/t16?,21-/m0/s1. The third-order valence-electron chi connectivity index (χ3n) is 5.47. The zero-order chi connectivity index (χ0) is 23.0. The number of benzene rings is 2. The van der Waals surface area contributed by atoms with Gasteiger partial charge in [0.15, 0.2) is 11.5 Å². The van der Waals surface area contributed by atoms with Gasteiger partial charge in [-0.05, 0) is 48.6 Å². The molecule has 0 bridgehead atoms. The maximum atomic E-state index is 13.4. The van der Waals surface area contributed by atoms with Gasteiger partial charge in [0, 0.05) is 24.3 Å². The quantitative estimate of drug-likeness (QED) is 0.343. The Bertz CT molecular complexity index is 900. The smallest absolute Gasteiger partial charge is 0.252 e. The van der Waals surface area contributed by atoms with Crippen molar-refractivity contribution in [3.8, 4) is 11.5 Å². The average molecular weight is 428 g/mol. The molecule has 2 amide bonds. The average Bonchev–Trinajstić information content (AvgIpc) is 2.76. The van der Waals surface area contributed by atoms with Gasteiger partial charge in [-0.25, -0.2) is 0 Å². The SMILES string of the molecule is CCCN(CCc1cccc(O)c1O)C(=O)[C@@H](NC(=O)c1cccc(N)c1)C(C)CC. The fourth-order valence-electron chi connectivity index (χ4n) is 3.42. The first kappa shape index (κ1) is 24.1. The van der Waals surface area contributed by atoms with Crippen LogP contribution < -0.4 is 11.1 Å². The summed E-state index contributed by atoms with van der Waals surface area (Å²) >= 11 is 0. The van der Waals surface area contributed by atoms with E-state index in [0.717, 1.165) is 12.8 Å². The van der Waals surface area contributed by atoms with E-state index in [0.29, 0.717) is 36.3 Å². The normalized spacial score (nSPS) is 12.7. The van der Waals surface area contributed by atoms with Crippen LogP contribution in [0.4, 0.5) is 5.69 Å². The van der Waals surface area contributed by atoms with E-state index in [1.54, 1.807) is 41.3 Å². The predicted molar refractivity (Wildman–Crippen MR) is 122 cm³/mol. The Morgan fingerprint density at radius 3 is 2.45 bits per heavy atom. The summed E-state index contributed by atoms with van der Waals surface area (Å²) in [5.41, 5.74) is 7.25. The Labute approximate surface area is 183 Å². The number of hydrogen-bond donors (Lipinski definition) is 4. The van der Waals surface area contributed by atoms with Gasteiger partial charge in [0.2, 0.25) is 5.91 Å². The van der Waals surface area contributed by atoms with Crippen molar-refractivity contribution in [2.24, 2.45) is 5.92 Å². The lowest BCUT2D eigenvalue weighted by atomic mass is 9.96. The third-order valence-corrected chi connectivity index (χ3v) is 5.47. The largest absolute Gasteiger partial charge is 0.504 e. The molecule has 0 fully saturated rings. The minimum absolute atomic E-state index is 0.0639. The van der Waals surface area contributed by atoms with Crippen LogP contribution in [0, 0.1) is 5.92 Å². The molecule has 31 heavy (non-hydrogen) atoms. The van der Waals surface area contributed by atoms with E-state index in [2.05, 4.69) is 5.32 Å². The number of rotatable bonds is 10. The summed E-state index contributed by atoms with van der Waals surface area (Å²) in [5.74, 6) is -0.912. The van der Waals surface area contributed by atoms with Crippen molar-refractivity contribution in [3.63, 3.8) is 0 Å². The van der Waals surface area contributed by atoms with Crippen molar-refractivity contribution in [2.45, 2.75) is 46.1 Å². The Balaban J connectivity index is 2.19. The van der Waals surface area contributed by atoms with E-state index in [-0.39, 0.29) is 29.2 Å². The molecule has 0 aliphatic carbocycles. The molecule has 2 atom stereocenters. The van der Waals surface area contributed by atoms with Crippen LogP contribution in [-0.2, 0) is 11.2 Å². The second kappa shape index (κ2) is 11.2. The number of nitrogens with two attached hydrogens (primary N) is 1. The van der Waals surface area contributed by atoms with Crippen molar-refractivity contribution in [1.29, 1.82) is 0 Å². The van der Waals surface area contributed by atoms with Gasteiger partial charge in [0.05, 0.1) is 0 Å². The van der Waals surface area contributed by atoms with Crippen LogP contribution in [0.15, 0.2) is 42.5 Å². The molecule has 0 spiro atoms. The molecule has 168 valence electrons. The second-order valence-electron chi connectivity index (χ2n) is 7.82. The number of carbonyl (C=O) groups excluding carboxylic acids is 2. The lowest BCUT2D eigenvalue weighted by Gasteiger charge is -2.31. The van der Waals surface area contributed by atoms with Crippen LogP contribution in [0.3, 0.4) is 0 Å². The molecule has 5 N–H and O–H groups in total. The topological polar surface area (TPSA) is 116 Å². The maximum Gasteiger partial charge on any atom is 0.252 e. The van der Waals surface area contributed by atoms with Crippen LogP contribution in [-0.4, -0.2) is 46.1 Å². The first-order valence-corrected chi connectivity index (χ1v) is 10.7.